The highest BCUT2D eigenvalue weighted by Crippen LogP contribution is 2.15. The molecule has 1 aromatic rings. The largest absolute Gasteiger partial charge is 0.481 e. The minimum absolute atomic E-state index is 0.0499. The van der Waals surface area contributed by atoms with Crippen LogP contribution in [0, 0.1) is 5.92 Å². The number of nitrogens with zero attached hydrogens (tertiary/aromatic N) is 5. The molecule has 5 N–H and O–H groups in total. The molecule has 1 saturated heterocycles. The molecule has 2 heterocycles. The SMILES string of the molecule is CC[C@H](C)[C@H](NC(=O)CCC(=O)O)C(=O)NCC(=O)N1C(=O)N(C)CC1C(=O)NCc1nn[nH]n1. The van der Waals surface area contributed by atoms with Crippen LogP contribution in [0.5, 0.6) is 0 Å². The zero-order chi connectivity index (χ0) is 26.1. The van der Waals surface area contributed by atoms with Gasteiger partial charge in [-0.1, -0.05) is 25.5 Å². The molecule has 0 spiro atoms. The number of tetrazole rings is 1. The molecule has 0 radical (unpaired) electrons. The number of aliphatic carboxylic acids is 1. The molecule has 3 atom stereocenters. The fourth-order valence-electron chi connectivity index (χ4n) is 3.28. The Morgan fingerprint density at radius 1 is 1.20 bits per heavy atom. The molecule has 0 aliphatic carbocycles. The Morgan fingerprint density at radius 2 is 1.91 bits per heavy atom. The van der Waals surface area contributed by atoms with Crippen LogP contribution in [-0.4, -0.2) is 103 Å². The highest BCUT2D eigenvalue weighted by Gasteiger charge is 2.43. The van der Waals surface area contributed by atoms with E-state index in [1.54, 1.807) is 13.8 Å². The lowest BCUT2D eigenvalue weighted by Crippen LogP contribution is -2.54. The quantitative estimate of drug-likeness (QED) is 0.207. The molecule has 0 bridgehead atoms. The molecule has 16 heteroatoms. The summed E-state index contributed by atoms with van der Waals surface area (Å²) < 4.78 is 0. The smallest absolute Gasteiger partial charge is 0.327 e. The van der Waals surface area contributed by atoms with E-state index in [1.165, 1.54) is 11.9 Å². The molecule has 192 valence electrons. The first kappa shape index (κ1) is 27.1. The first-order chi connectivity index (χ1) is 16.5. The Kier molecular flexibility index (Phi) is 9.60. The standard InChI is InChI=1S/C19H29N9O7/c1-4-10(2)16(22-13(29)5-6-15(31)32)18(34)21-8-14(30)28-11(9-27(3)19(28)35)17(33)20-7-12-23-25-26-24-12/h10-11,16H,4-9H2,1-3H3,(H,20,33)(H,21,34)(H,22,29)(H,31,32)(H,23,24,25,26)/t10-,11?,16-/m0/s1. The van der Waals surface area contributed by atoms with Crippen molar-refractivity contribution in [1.29, 1.82) is 0 Å². The fraction of sp³-hybridized carbons (Fsp3) is 0.632. The molecule has 0 saturated carbocycles. The summed E-state index contributed by atoms with van der Waals surface area (Å²) in [5.74, 6) is -3.97. The third-order valence-corrected chi connectivity index (χ3v) is 5.46. The summed E-state index contributed by atoms with van der Waals surface area (Å²) in [5, 5.41) is 29.1. The lowest BCUT2D eigenvalue weighted by molar-refractivity contribution is -0.139. The van der Waals surface area contributed by atoms with E-state index in [-0.39, 0.29) is 37.7 Å². The normalized spacial score (nSPS) is 17.0. The van der Waals surface area contributed by atoms with E-state index in [9.17, 15) is 28.8 Å². The van der Waals surface area contributed by atoms with Gasteiger partial charge in [0.05, 0.1) is 26.1 Å². The summed E-state index contributed by atoms with van der Waals surface area (Å²) in [5.41, 5.74) is 0. The average Bonchev–Trinajstić information content (AvgIpc) is 3.45. The first-order valence-corrected chi connectivity index (χ1v) is 10.9. The molecule has 1 aliphatic heterocycles. The van der Waals surface area contributed by atoms with E-state index < -0.39 is 54.3 Å². The van der Waals surface area contributed by atoms with Gasteiger partial charge in [-0.05, 0) is 5.92 Å². The molecule has 16 nitrogen and oxygen atoms in total. The minimum Gasteiger partial charge on any atom is -0.481 e. The van der Waals surface area contributed by atoms with Gasteiger partial charge in [-0.3, -0.25) is 24.0 Å². The van der Waals surface area contributed by atoms with Gasteiger partial charge >= 0.3 is 12.0 Å². The molecule has 1 unspecified atom stereocenters. The van der Waals surface area contributed by atoms with Gasteiger partial charge in [-0.15, -0.1) is 10.2 Å². The van der Waals surface area contributed by atoms with Crippen molar-refractivity contribution in [3.8, 4) is 0 Å². The maximum atomic E-state index is 12.8. The van der Waals surface area contributed by atoms with Crippen molar-refractivity contribution in [2.24, 2.45) is 5.92 Å². The monoisotopic (exact) mass is 495 g/mol. The number of aromatic amines is 1. The fourth-order valence-corrected chi connectivity index (χ4v) is 3.28. The van der Waals surface area contributed by atoms with Crippen LogP contribution < -0.4 is 16.0 Å². The van der Waals surface area contributed by atoms with Crippen LogP contribution in [0.2, 0.25) is 0 Å². The van der Waals surface area contributed by atoms with Crippen LogP contribution >= 0.6 is 0 Å². The Hall–Kier alpha value is -4.11. The molecular formula is C19H29N9O7. The van der Waals surface area contributed by atoms with Crippen LogP contribution in [0.1, 0.15) is 38.9 Å². The average molecular weight is 495 g/mol. The van der Waals surface area contributed by atoms with Crippen molar-refractivity contribution in [2.45, 2.75) is 51.7 Å². The predicted molar refractivity (Wildman–Crippen MR) is 116 cm³/mol. The Balaban J connectivity index is 1.99. The van der Waals surface area contributed by atoms with Crippen LogP contribution in [0.25, 0.3) is 0 Å². The summed E-state index contributed by atoms with van der Waals surface area (Å²) in [4.78, 5) is 75.3. The number of carbonyl (C=O) groups is 6. The van der Waals surface area contributed by atoms with Crippen molar-refractivity contribution in [1.82, 2.24) is 46.4 Å². The third kappa shape index (κ3) is 7.44. The van der Waals surface area contributed by atoms with Crippen molar-refractivity contribution in [3.05, 3.63) is 5.82 Å². The van der Waals surface area contributed by atoms with Crippen LogP contribution in [0.3, 0.4) is 0 Å². The third-order valence-electron chi connectivity index (χ3n) is 5.46. The maximum Gasteiger partial charge on any atom is 0.327 e. The molecular weight excluding hydrogens is 466 g/mol. The number of carboxylic acids is 1. The minimum atomic E-state index is -1.15. The summed E-state index contributed by atoms with van der Waals surface area (Å²) >= 11 is 0. The van der Waals surface area contributed by atoms with E-state index in [1.807, 2.05) is 0 Å². The zero-order valence-corrected chi connectivity index (χ0v) is 19.6. The van der Waals surface area contributed by atoms with Crippen molar-refractivity contribution in [2.75, 3.05) is 20.1 Å². The van der Waals surface area contributed by atoms with Gasteiger partial charge in [0, 0.05) is 13.5 Å². The van der Waals surface area contributed by atoms with Crippen molar-refractivity contribution < 1.29 is 33.9 Å². The van der Waals surface area contributed by atoms with E-state index in [0.717, 1.165) is 4.90 Å². The van der Waals surface area contributed by atoms with Gasteiger partial charge in [0.1, 0.15) is 12.1 Å². The molecule has 1 fully saturated rings. The Bertz CT molecular complexity index is 952. The van der Waals surface area contributed by atoms with E-state index >= 15 is 0 Å². The van der Waals surface area contributed by atoms with Gasteiger partial charge < -0.3 is 26.0 Å². The van der Waals surface area contributed by atoms with E-state index in [2.05, 4.69) is 36.6 Å². The number of urea groups is 1. The predicted octanol–water partition coefficient (Wildman–Crippen LogP) is -2.41. The number of rotatable bonds is 12. The summed E-state index contributed by atoms with van der Waals surface area (Å²) in [6.07, 6.45) is -0.174. The number of likely N-dealkylation sites (N-methyl/N-ethyl adjacent to an activating group) is 1. The van der Waals surface area contributed by atoms with Crippen LogP contribution in [0.4, 0.5) is 4.79 Å². The number of imide groups is 1. The van der Waals surface area contributed by atoms with Crippen LogP contribution in [-0.2, 0) is 30.5 Å². The number of carboxylic acid groups (broad SMARTS) is 1. The number of amides is 6. The number of hydrogen-bond acceptors (Lipinski definition) is 9. The number of aromatic nitrogens is 4. The number of carbonyl (C=O) groups excluding carboxylic acids is 5. The number of hydrogen-bond donors (Lipinski definition) is 5. The van der Waals surface area contributed by atoms with Gasteiger partial charge in [-0.25, -0.2) is 9.69 Å². The lowest BCUT2D eigenvalue weighted by Gasteiger charge is -2.25. The molecule has 6 amide bonds. The molecule has 2 rings (SSSR count). The number of nitrogens with one attached hydrogen (secondary N) is 4. The topological polar surface area (TPSA) is 220 Å². The van der Waals surface area contributed by atoms with Crippen molar-refractivity contribution >= 4 is 35.6 Å². The Morgan fingerprint density at radius 3 is 2.51 bits per heavy atom. The van der Waals surface area contributed by atoms with Gasteiger partial charge in [0.15, 0.2) is 5.82 Å². The van der Waals surface area contributed by atoms with Gasteiger partial charge in [0.25, 0.3) is 5.91 Å². The molecule has 1 aromatic heterocycles. The highest BCUT2D eigenvalue weighted by molar-refractivity contribution is 6.03. The second-order valence-corrected chi connectivity index (χ2v) is 8.03. The zero-order valence-electron chi connectivity index (χ0n) is 19.6. The van der Waals surface area contributed by atoms with Gasteiger partial charge in [0.2, 0.25) is 17.7 Å². The number of H-pyrrole nitrogens is 1. The summed E-state index contributed by atoms with van der Waals surface area (Å²) in [6, 6.07) is -2.85. The first-order valence-electron chi connectivity index (χ1n) is 10.9. The highest BCUT2D eigenvalue weighted by atomic mass is 16.4. The van der Waals surface area contributed by atoms with E-state index in [4.69, 9.17) is 5.11 Å². The van der Waals surface area contributed by atoms with Gasteiger partial charge in [-0.2, -0.15) is 5.21 Å². The summed E-state index contributed by atoms with van der Waals surface area (Å²) in [7, 11) is 1.43. The lowest BCUT2D eigenvalue weighted by atomic mass is 9.98. The molecule has 35 heavy (non-hydrogen) atoms. The molecule has 0 aromatic carbocycles. The van der Waals surface area contributed by atoms with Crippen molar-refractivity contribution in [3.63, 3.8) is 0 Å². The Labute approximate surface area is 200 Å². The molecule has 1 aliphatic rings. The summed E-state index contributed by atoms with van der Waals surface area (Å²) in [6.45, 7) is 2.81. The van der Waals surface area contributed by atoms with E-state index in [0.29, 0.717) is 6.42 Å². The second-order valence-electron chi connectivity index (χ2n) is 8.03. The second kappa shape index (κ2) is 12.4. The van der Waals surface area contributed by atoms with Crippen LogP contribution in [0.15, 0.2) is 0 Å². The maximum absolute atomic E-state index is 12.8.